The molecule has 0 bridgehead atoms. The van der Waals surface area contributed by atoms with Crippen LogP contribution in [-0.4, -0.2) is 24.5 Å². The third kappa shape index (κ3) is 3.39. The average molecular weight is 540 g/mol. The van der Waals surface area contributed by atoms with E-state index in [0.29, 0.717) is 17.6 Å². The Morgan fingerprint density at radius 2 is 1.24 bits per heavy atom. The highest BCUT2D eigenvalue weighted by atomic mass is 16.3. The standard InChI is InChI=1S/C36H21N5O/c1-3-9-22(10-4-1)34-38-35(23-11-5-2-6-12-23)40-36(39-34)41-30-20-25-21-37-18-17-24(25)19-29(30)27-15-16-28-26-13-7-8-14-31(26)42-33(28)32(27)41/h1-21H. The van der Waals surface area contributed by atoms with Crippen LogP contribution in [0.3, 0.4) is 0 Å². The van der Waals surface area contributed by atoms with Crippen molar-refractivity contribution in [1.82, 2.24) is 24.5 Å². The number of hydrogen-bond acceptors (Lipinski definition) is 5. The molecular formula is C36H21N5O. The van der Waals surface area contributed by atoms with Gasteiger partial charge in [-0.3, -0.25) is 9.55 Å². The Bertz CT molecular complexity index is 2400. The second kappa shape index (κ2) is 8.81. The predicted octanol–water partition coefficient (Wildman–Crippen LogP) is 8.75. The zero-order valence-corrected chi connectivity index (χ0v) is 22.3. The molecule has 0 atom stereocenters. The van der Waals surface area contributed by atoms with Gasteiger partial charge in [-0.25, -0.2) is 4.98 Å². The summed E-state index contributed by atoms with van der Waals surface area (Å²) in [7, 11) is 0. The maximum absolute atomic E-state index is 6.58. The SMILES string of the molecule is c1ccc(-c2nc(-c3ccccc3)nc(-n3c4cc5cnccc5cc4c4ccc5c6ccccc6oc5c43)n2)cc1. The van der Waals surface area contributed by atoms with Gasteiger partial charge in [-0.1, -0.05) is 84.9 Å². The lowest BCUT2D eigenvalue weighted by molar-refractivity contribution is 0.670. The summed E-state index contributed by atoms with van der Waals surface area (Å²) < 4.78 is 8.71. The van der Waals surface area contributed by atoms with Crippen molar-refractivity contribution in [3.63, 3.8) is 0 Å². The van der Waals surface area contributed by atoms with E-state index in [1.165, 1.54) is 0 Å². The Labute approximate surface area is 239 Å². The number of fused-ring (bicyclic) bond motifs is 8. The van der Waals surface area contributed by atoms with Crippen molar-refractivity contribution in [2.45, 2.75) is 0 Å². The van der Waals surface area contributed by atoms with Crippen LogP contribution in [0.1, 0.15) is 0 Å². The third-order valence-electron chi connectivity index (χ3n) is 7.92. The summed E-state index contributed by atoms with van der Waals surface area (Å²) in [6.45, 7) is 0. The molecule has 0 N–H and O–H groups in total. The van der Waals surface area contributed by atoms with Crippen LogP contribution in [0, 0.1) is 0 Å². The first-order chi connectivity index (χ1) is 20.8. The van der Waals surface area contributed by atoms with E-state index < -0.39 is 0 Å². The summed E-state index contributed by atoms with van der Waals surface area (Å²) in [4.78, 5) is 19.5. The van der Waals surface area contributed by atoms with E-state index in [1.54, 1.807) is 0 Å². The van der Waals surface area contributed by atoms with Crippen molar-refractivity contribution in [2.24, 2.45) is 0 Å². The lowest BCUT2D eigenvalue weighted by Crippen LogP contribution is -2.06. The van der Waals surface area contributed by atoms with Crippen LogP contribution in [0.2, 0.25) is 0 Å². The molecular weight excluding hydrogens is 518 g/mol. The van der Waals surface area contributed by atoms with Crippen LogP contribution in [0.5, 0.6) is 0 Å². The van der Waals surface area contributed by atoms with E-state index in [4.69, 9.17) is 19.4 Å². The third-order valence-corrected chi connectivity index (χ3v) is 7.92. The van der Waals surface area contributed by atoms with Crippen LogP contribution in [-0.2, 0) is 0 Å². The monoisotopic (exact) mass is 539 g/mol. The van der Waals surface area contributed by atoms with E-state index >= 15 is 0 Å². The Morgan fingerprint density at radius 1 is 0.548 bits per heavy atom. The Kier molecular flexibility index (Phi) is 4.80. The normalized spacial score (nSPS) is 11.8. The largest absolute Gasteiger partial charge is 0.454 e. The number of rotatable bonds is 3. The number of benzene rings is 5. The van der Waals surface area contributed by atoms with Crippen molar-refractivity contribution in [1.29, 1.82) is 0 Å². The molecule has 4 heterocycles. The number of para-hydroxylation sites is 1. The molecule has 0 saturated heterocycles. The molecule has 0 radical (unpaired) electrons. The maximum Gasteiger partial charge on any atom is 0.238 e. The molecule has 9 rings (SSSR count). The van der Waals surface area contributed by atoms with Gasteiger partial charge >= 0.3 is 0 Å². The highest BCUT2D eigenvalue weighted by Crippen LogP contribution is 2.41. The van der Waals surface area contributed by atoms with E-state index in [0.717, 1.165) is 65.6 Å². The van der Waals surface area contributed by atoms with E-state index in [-0.39, 0.29) is 0 Å². The van der Waals surface area contributed by atoms with Crippen LogP contribution >= 0.6 is 0 Å². The van der Waals surface area contributed by atoms with E-state index in [9.17, 15) is 0 Å². The molecule has 0 aliphatic heterocycles. The van der Waals surface area contributed by atoms with Crippen LogP contribution in [0.25, 0.3) is 83.2 Å². The zero-order chi connectivity index (χ0) is 27.6. The van der Waals surface area contributed by atoms with Gasteiger partial charge in [0.15, 0.2) is 17.2 Å². The summed E-state index contributed by atoms with van der Waals surface area (Å²) in [5.74, 6) is 1.74. The topological polar surface area (TPSA) is 69.6 Å². The fraction of sp³-hybridized carbons (Fsp3) is 0. The lowest BCUT2D eigenvalue weighted by atomic mass is 10.1. The molecule has 5 aromatic carbocycles. The summed E-state index contributed by atoms with van der Waals surface area (Å²) in [5.41, 5.74) is 5.38. The highest BCUT2D eigenvalue weighted by molar-refractivity contribution is 6.22. The first-order valence-corrected chi connectivity index (χ1v) is 13.8. The van der Waals surface area contributed by atoms with Gasteiger partial charge in [-0.2, -0.15) is 9.97 Å². The number of furan rings is 1. The lowest BCUT2D eigenvalue weighted by Gasteiger charge is -2.11. The Morgan fingerprint density at radius 3 is 2.00 bits per heavy atom. The molecule has 42 heavy (non-hydrogen) atoms. The second-order valence-electron chi connectivity index (χ2n) is 10.4. The molecule has 0 saturated carbocycles. The molecule has 0 aliphatic rings. The van der Waals surface area contributed by atoms with Crippen LogP contribution in [0.4, 0.5) is 0 Å². The minimum atomic E-state index is 0.527. The molecule has 196 valence electrons. The van der Waals surface area contributed by atoms with Gasteiger partial charge in [0.05, 0.1) is 5.52 Å². The van der Waals surface area contributed by atoms with E-state index in [1.807, 2.05) is 97.3 Å². The van der Waals surface area contributed by atoms with Gasteiger partial charge in [0, 0.05) is 50.5 Å². The average Bonchev–Trinajstić information content (AvgIpc) is 3.60. The van der Waals surface area contributed by atoms with E-state index in [2.05, 4.69) is 39.9 Å². The molecule has 4 aromatic heterocycles. The van der Waals surface area contributed by atoms with Crippen molar-refractivity contribution >= 4 is 54.5 Å². The van der Waals surface area contributed by atoms with Gasteiger partial charge in [0.1, 0.15) is 11.1 Å². The minimum absolute atomic E-state index is 0.527. The second-order valence-corrected chi connectivity index (χ2v) is 10.4. The summed E-state index contributed by atoms with van der Waals surface area (Å²) in [6, 6.07) is 39.0. The quantitative estimate of drug-likeness (QED) is 0.224. The molecule has 0 amide bonds. The zero-order valence-electron chi connectivity index (χ0n) is 22.3. The molecule has 9 aromatic rings. The number of nitrogens with zero attached hydrogens (tertiary/aromatic N) is 5. The van der Waals surface area contributed by atoms with Gasteiger partial charge in [0.2, 0.25) is 5.95 Å². The number of hydrogen-bond donors (Lipinski definition) is 0. The van der Waals surface area contributed by atoms with Crippen LogP contribution in [0.15, 0.2) is 132 Å². The van der Waals surface area contributed by atoms with Gasteiger partial charge in [0.25, 0.3) is 0 Å². The molecule has 6 nitrogen and oxygen atoms in total. The summed E-state index contributed by atoms with van der Waals surface area (Å²) in [6.07, 6.45) is 3.72. The fourth-order valence-electron chi connectivity index (χ4n) is 5.96. The van der Waals surface area contributed by atoms with Crippen molar-refractivity contribution < 1.29 is 4.42 Å². The van der Waals surface area contributed by atoms with Gasteiger partial charge < -0.3 is 4.42 Å². The first-order valence-electron chi connectivity index (χ1n) is 13.8. The Balaban J connectivity index is 1.47. The maximum atomic E-state index is 6.58. The first kappa shape index (κ1) is 22.9. The molecule has 0 aliphatic carbocycles. The smallest absolute Gasteiger partial charge is 0.238 e. The predicted molar refractivity (Wildman–Crippen MR) is 168 cm³/mol. The molecule has 6 heteroatoms. The minimum Gasteiger partial charge on any atom is -0.454 e. The van der Waals surface area contributed by atoms with Crippen molar-refractivity contribution in [3.05, 3.63) is 128 Å². The van der Waals surface area contributed by atoms with Gasteiger partial charge in [-0.05, 0) is 35.7 Å². The van der Waals surface area contributed by atoms with Crippen molar-refractivity contribution in [3.8, 4) is 28.7 Å². The van der Waals surface area contributed by atoms with Crippen LogP contribution < -0.4 is 0 Å². The molecule has 0 fully saturated rings. The van der Waals surface area contributed by atoms with Gasteiger partial charge in [-0.15, -0.1) is 0 Å². The Hall–Kier alpha value is -5.88. The summed E-state index contributed by atoms with van der Waals surface area (Å²) in [5, 5.41) is 6.44. The van der Waals surface area contributed by atoms with Crippen molar-refractivity contribution in [2.75, 3.05) is 0 Å². The number of pyridine rings is 1. The molecule has 0 unspecified atom stereocenters. The highest BCUT2D eigenvalue weighted by Gasteiger charge is 2.22. The fourth-order valence-corrected chi connectivity index (χ4v) is 5.96. The number of aromatic nitrogens is 5. The summed E-state index contributed by atoms with van der Waals surface area (Å²) >= 11 is 0. The molecule has 0 spiro atoms.